The number of aromatic nitrogens is 4. The fourth-order valence-corrected chi connectivity index (χ4v) is 5.14. The minimum absolute atomic E-state index is 0.216. The molecule has 1 aliphatic rings. The van der Waals surface area contributed by atoms with Crippen LogP contribution in [0.2, 0.25) is 0 Å². The number of benzene rings is 3. The molecule has 8 heteroatoms. The molecule has 6 rings (SSSR count). The molecule has 0 unspecified atom stereocenters. The Balaban J connectivity index is 1.29. The van der Waals surface area contributed by atoms with Crippen molar-refractivity contribution >= 4 is 33.3 Å². The number of nitrogens with one attached hydrogen (secondary N) is 2. The number of hydrogen-bond acceptors (Lipinski definition) is 5. The molecule has 0 aliphatic carbocycles. The molecular weight excluding hydrogens is 452 g/mol. The van der Waals surface area contributed by atoms with Crippen LogP contribution in [0.1, 0.15) is 16.1 Å². The number of carbonyl (C=O) groups is 1. The first-order chi connectivity index (χ1) is 17.5. The highest BCUT2D eigenvalue weighted by Crippen LogP contribution is 2.29. The number of aryl methyl sites for hydroxylation is 1. The first-order valence-electron chi connectivity index (χ1n) is 12.0. The van der Waals surface area contributed by atoms with Crippen LogP contribution in [0.5, 0.6) is 0 Å². The van der Waals surface area contributed by atoms with Crippen molar-refractivity contribution < 1.29 is 4.79 Å². The van der Waals surface area contributed by atoms with Crippen LogP contribution in [0.15, 0.2) is 71.5 Å². The van der Waals surface area contributed by atoms with Gasteiger partial charge in [0.25, 0.3) is 11.5 Å². The average molecular weight is 479 g/mol. The van der Waals surface area contributed by atoms with Gasteiger partial charge >= 0.3 is 0 Å². The Kier molecular flexibility index (Phi) is 5.38. The van der Waals surface area contributed by atoms with E-state index in [2.05, 4.69) is 27.5 Å². The normalized spacial score (nSPS) is 14.3. The van der Waals surface area contributed by atoms with E-state index in [1.807, 2.05) is 72.3 Å². The van der Waals surface area contributed by atoms with Crippen molar-refractivity contribution in [3.8, 4) is 11.3 Å². The standard InChI is InChI=1S/C28H26N6O2/c1-17-13-19(11-12-20(17)25-21-7-3-4-8-22(21)27(35)31-30-25)29-28(36)26-23-9-5-6-10-24(23)34(32-26)16-18-14-33(2)15-18/h3-13,18H,14-16H2,1-2H3,(H,29,36)(H,31,35). The number of fused-ring (bicyclic) bond motifs is 2. The molecule has 1 fully saturated rings. The van der Waals surface area contributed by atoms with Crippen LogP contribution in [0.3, 0.4) is 0 Å². The van der Waals surface area contributed by atoms with Gasteiger partial charge in [-0.05, 0) is 43.8 Å². The quantitative estimate of drug-likeness (QED) is 0.397. The number of para-hydroxylation sites is 1. The van der Waals surface area contributed by atoms with Gasteiger partial charge in [0.05, 0.1) is 16.6 Å². The van der Waals surface area contributed by atoms with Crippen LogP contribution >= 0.6 is 0 Å². The second kappa shape index (κ2) is 8.73. The average Bonchev–Trinajstić information content (AvgIpc) is 3.23. The van der Waals surface area contributed by atoms with E-state index >= 15 is 0 Å². The predicted molar refractivity (Wildman–Crippen MR) is 141 cm³/mol. The minimum atomic E-state index is -0.240. The molecule has 8 nitrogen and oxygen atoms in total. The highest BCUT2D eigenvalue weighted by atomic mass is 16.2. The molecule has 36 heavy (non-hydrogen) atoms. The molecular formula is C28H26N6O2. The van der Waals surface area contributed by atoms with Crippen LogP contribution < -0.4 is 10.9 Å². The van der Waals surface area contributed by atoms with E-state index in [0.717, 1.165) is 47.1 Å². The van der Waals surface area contributed by atoms with Gasteiger partial charge < -0.3 is 10.2 Å². The third kappa shape index (κ3) is 3.85. The van der Waals surface area contributed by atoms with E-state index in [1.165, 1.54) is 0 Å². The van der Waals surface area contributed by atoms with Crippen molar-refractivity contribution in [1.82, 2.24) is 24.9 Å². The van der Waals surface area contributed by atoms with Crippen LogP contribution in [0, 0.1) is 12.8 Å². The summed E-state index contributed by atoms with van der Waals surface area (Å²) < 4.78 is 1.96. The Morgan fingerprint density at radius 1 is 1.03 bits per heavy atom. The predicted octanol–water partition coefficient (Wildman–Crippen LogP) is 4.06. The second-order valence-corrected chi connectivity index (χ2v) is 9.57. The molecule has 3 heterocycles. The molecule has 5 aromatic rings. The number of amides is 1. The van der Waals surface area contributed by atoms with E-state index in [1.54, 1.807) is 6.07 Å². The van der Waals surface area contributed by atoms with Gasteiger partial charge in [-0.25, -0.2) is 5.10 Å². The molecule has 0 spiro atoms. The van der Waals surface area contributed by atoms with E-state index in [4.69, 9.17) is 5.10 Å². The Morgan fingerprint density at radius 3 is 2.50 bits per heavy atom. The largest absolute Gasteiger partial charge is 0.321 e. The van der Waals surface area contributed by atoms with E-state index < -0.39 is 0 Å². The van der Waals surface area contributed by atoms with Gasteiger partial charge in [0.15, 0.2) is 5.69 Å². The third-order valence-corrected chi connectivity index (χ3v) is 6.88. The van der Waals surface area contributed by atoms with Gasteiger partial charge in [-0.2, -0.15) is 10.2 Å². The number of aromatic amines is 1. The SMILES string of the molecule is Cc1cc(NC(=O)c2nn(CC3CN(C)C3)c3ccccc23)ccc1-c1n[nH]c(=O)c2ccccc12. The molecule has 1 saturated heterocycles. The first kappa shape index (κ1) is 22.2. The fourth-order valence-electron chi connectivity index (χ4n) is 5.14. The molecule has 0 saturated carbocycles. The molecule has 0 atom stereocenters. The van der Waals surface area contributed by atoms with Gasteiger partial charge in [0, 0.05) is 47.6 Å². The fraction of sp³-hybridized carbons (Fsp3) is 0.214. The van der Waals surface area contributed by atoms with Crippen molar-refractivity contribution in [1.29, 1.82) is 0 Å². The van der Waals surface area contributed by atoms with Crippen LogP contribution in [-0.2, 0) is 6.54 Å². The molecule has 1 amide bonds. The van der Waals surface area contributed by atoms with Gasteiger partial charge in [-0.3, -0.25) is 14.3 Å². The monoisotopic (exact) mass is 478 g/mol. The number of nitrogens with zero attached hydrogens (tertiary/aromatic N) is 4. The Bertz CT molecular complexity index is 1680. The van der Waals surface area contributed by atoms with Gasteiger partial charge in [-0.1, -0.05) is 42.5 Å². The summed E-state index contributed by atoms with van der Waals surface area (Å²) in [6, 6.07) is 21.0. The molecule has 3 aromatic carbocycles. The zero-order chi connectivity index (χ0) is 24.8. The van der Waals surface area contributed by atoms with Gasteiger partial charge in [0.2, 0.25) is 0 Å². The summed E-state index contributed by atoms with van der Waals surface area (Å²) in [5.41, 5.74) is 4.38. The van der Waals surface area contributed by atoms with E-state index in [9.17, 15) is 9.59 Å². The van der Waals surface area contributed by atoms with Crippen LogP contribution in [0.4, 0.5) is 5.69 Å². The molecule has 2 N–H and O–H groups in total. The van der Waals surface area contributed by atoms with Crippen molar-refractivity contribution in [2.24, 2.45) is 5.92 Å². The van der Waals surface area contributed by atoms with E-state index in [0.29, 0.717) is 28.4 Å². The number of H-pyrrole nitrogens is 1. The summed E-state index contributed by atoms with van der Waals surface area (Å²) in [6.45, 7) is 4.85. The zero-order valence-electron chi connectivity index (χ0n) is 20.2. The Labute approximate surface area is 207 Å². The van der Waals surface area contributed by atoms with Crippen molar-refractivity contribution in [3.05, 3.63) is 88.3 Å². The summed E-state index contributed by atoms with van der Waals surface area (Å²) in [5.74, 6) is 0.303. The lowest BCUT2D eigenvalue weighted by molar-refractivity contribution is 0.101. The number of hydrogen-bond donors (Lipinski definition) is 2. The smallest absolute Gasteiger partial charge is 0.276 e. The van der Waals surface area contributed by atoms with Crippen LogP contribution in [0.25, 0.3) is 32.9 Å². The van der Waals surface area contributed by atoms with E-state index in [-0.39, 0.29) is 11.5 Å². The maximum absolute atomic E-state index is 13.3. The molecule has 1 aliphatic heterocycles. The summed E-state index contributed by atoms with van der Waals surface area (Å²) in [6.07, 6.45) is 0. The van der Waals surface area contributed by atoms with Crippen molar-refractivity contribution in [2.45, 2.75) is 13.5 Å². The third-order valence-electron chi connectivity index (χ3n) is 6.88. The number of rotatable bonds is 5. The molecule has 2 aromatic heterocycles. The zero-order valence-corrected chi connectivity index (χ0v) is 20.2. The lowest BCUT2D eigenvalue weighted by Gasteiger charge is -2.36. The maximum Gasteiger partial charge on any atom is 0.276 e. The number of likely N-dealkylation sites (tertiary alicyclic amines) is 1. The van der Waals surface area contributed by atoms with Gasteiger partial charge in [0.1, 0.15) is 0 Å². The highest BCUT2D eigenvalue weighted by Gasteiger charge is 2.26. The Hall–Kier alpha value is -4.30. The number of anilines is 1. The maximum atomic E-state index is 13.3. The summed E-state index contributed by atoms with van der Waals surface area (Å²) in [5, 5.41) is 16.9. The molecule has 180 valence electrons. The minimum Gasteiger partial charge on any atom is -0.321 e. The van der Waals surface area contributed by atoms with Gasteiger partial charge in [-0.15, -0.1) is 0 Å². The second-order valence-electron chi connectivity index (χ2n) is 9.57. The first-order valence-corrected chi connectivity index (χ1v) is 12.0. The summed E-state index contributed by atoms with van der Waals surface area (Å²) >= 11 is 0. The Morgan fingerprint density at radius 2 is 1.75 bits per heavy atom. The lowest BCUT2D eigenvalue weighted by Crippen LogP contribution is -2.45. The highest BCUT2D eigenvalue weighted by molar-refractivity contribution is 6.11. The molecule has 0 bridgehead atoms. The lowest BCUT2D eigenvalue weighted by atomic mass is 10.0. The van der Waals surface area contributed by atoms with Crippen molar-refractivity contribution in [2.75, 3.05) is 25.5 Å². The number of carbonyl (C=O) groups excluding carboxylic acids is 1. The van der Waals surface area contributed by atoms with Crippen molar-refractivity contribution in [3.63, 3.8) is 0 Å². The topological polar surface area (TPSA) is 95.9 Å². The summed E-state index contributed by atoms with van der Waals surface area (Å²) in [4.78, 5) is 27.7. The van der Waals surface area contributed by atoms with Crippen LogP contribution in [-0.4, -0.2) is 50.9 Å². The summed E-state index contributed by atoms with van der Waals surface area (Å²) in [7, 11) is 2.11. The molecule has 0 radical (unpaired) electrons.